The highest BCUT2D eigenvalue weighted by atomic mass is 16.4. The van der Waals surface area contributed by atoms with Gasteiger partial charge in [0.15, 0.2) is 0 Å². The van der Waals surface area contributed by atoms with E-state index < -0.39 is 12.0 Å². The molecule has 2 rings (SSSR count). The van der Waals surface area contributed by atoms with E-state index >= 15 is 0 Å². The van der Waals surface area contributed by atoms with E-state index in [1.54, 1.807) is 0 Å². The van der Waals surface area contributed by atoms with Crippen LogP contribution in [-0.4, -0.2) is 33.7 Å². The number of aliphatic hydroxyl groups is 1. The molecule has 1 aromatic rings. The van der Waals surface area contributed by atoms with E-state index in [2.05, 4.69) is 0 Å². The first-order valence-corrected chi connectivity index (χ1v) is 5.37. The fourth-order valence-corrected chi connectivity index (χ4v) is 2.16. The van der Waals surface area contributed by atoms with Gasteiger partial charge in [-0.15, -0.1) is 0 Å². The molecule has 1 aliphatic heterocycles. The molecule has 1 atom stereocenters. The van der Waals surface area contributed by atoms with Crippen molar-refractivity contribution in [3.63, 3.8) is 0 Å². The number of carboxylic acid groups (broad SMARTS) is 1. The summed E-state index contributed by atoms with van der Waals surface area (Å²) in [5.74, 6) is -0.859. The Labute approximate surface area is 94.1 Å². The summed E-state index contributed by atoms with van der Waals surface area (Å²) in [5.41, 5.74) is 2.37. The van der Waals surface area contributed by atoms with Crippen LogP contribution in [0.4, 0.5) is 0 Å². The minimum atomic E-state index is -0.859. The van der Waals surface area contributed by atoms with Gasteiger partial charge in [0.1, 0.15) is 6.04 Å². The third kappa shape index (κ3) is 2.08. The molecule has 2 N–H and O–H groups in total. The van der Waals surface area contributed by atoms with Gasteiger partial charge < -0.3 is 10.2 Å². The summed E-state index contributed by atoms with van der Waals surface area (Å²) in [6, 6.07) is 7.38. The molecule has 1 aliphatic rings. The average molecular weight is 221 g/mol. The number of fused-ring (bicyclic) bond motifs is 1. The lowest BCUT2D eigenvalue weighted by molar-refractivity contribution is -0.144. The minimum absolute atomic E-state index is 0.0934. The number of hydrogen-bond acceptors (Lipinski definition) is 3. The summed E-state index contributed by atoms with van der Waals surface area (Å²) >= 11 is 0. The normalized spacial score (nSPS) is 17.1. The lowest BCUT2D eigenvalue weighted by atomic mass is 10.1. The highest BCUT2D eigenvalue weighted by Gasteiger charge is 2.29. The van der Waals surface area contributed by atoms with Crippen LogP contribution in [0, 0.1) is 0 Å². The molecule has 0 saturated heterocycles. The molecule has 86 valence electrons. The van der Waals surface area contributed by atoms with Crippen LogP contribution < -0.4 is 0 Å². The molecular weight excluding hydrogens is 206 g/mol. The number of nitrogens with zero attached hydrogens (tertiary/aromatic N) is 1. The Morgan fingerprint density at radius 3 is 2.31 bits per heavy atom. The third-order valence-corrected chi connectivity index (χ3v) is 2.99. The first-order valence-electron chi connectivity index (χ1n) is 5.37. The standard InChI is InChI=1S/C12H15NO3/c14-6-5-11(12(15)16)13-7-9-3-1-2-4-10(9)8-13/h1-4,11,14H,5-8H2,(H,15,16). The number of carbonyl (C=O) groups is 1. The molecule has 0 radical (unpaired) electrons. The van der Waals surface area contributed by atoms with Crippen LogP contribution in [0.5, 0.6) is 0 Å². The zero-order chi connectivity index (χ0) is 11.5. The molecule has 1 unspecified atom stereocenters. The largest absolute Gasteiger partial charge is 0.480 e. The topological polar surface area (TPSA) is 60.8 Å². The molecule has 16 heavy (non-hydrogen) atoms. The van der Waals surface area contributed by atoms with E-state index in [1.807, 2.05) is 29.2 Å². The van der Waals surface area contributed by atoms with Gasteiger partial charge in [0.25, 0.3) is 0 Å². The van der Waals surface area contributed by atoms with Crippen molar-refractivity contribution in [2.24, 2.45) is 0 Å². The molecular formula is C12H15NO3. The SMILES string of the molecule is O=C(O)C(CCO)N1Cc2ccccc2C1. The van der Waals surface area contributed by atoms with Gasteiger partial charge in [0.2, 0.25) is 0 Å². The first kappa shape index (κ1) is 11.1. The Hall–Kier alpha value is -1.39. The van der Waals surface area contributed by atoms with E-state index in [1.165, 1.54) is 11.1 Å². The Bertz CT molecular complexity index is 367. The monoisotopic (exact) mass is 221 g/mol. The molecule has 1 heterocycles. The van der Waals surface area contributed by atoms with Crippen molar-refractivity contribution in [1.82, 2.24) is 4.90 Å². The van der Waals surface area contributed by atoms with Gasteiger partial charge in [0, 0.05) is 19.7 Å². The second-order valence-corrected chi connectivity index (χ2v) is 4.04. The molecule has 0 saturated carbocycles. The van der Waals surface area contributed by atoms with Crippen molar-refractivity contribution in [3.05, 3.63) is 35.4 Å². The highest BCUT2D eigenvalue weighted by molar-refractivity contribution is 5.73. The summed E-state index contributed by atoms with van der Waals surface area (Å²) in [6.45, 7) is 1.23. The molecule has 4 nitrogen and oxygen atoms in total. The summed E-state index contributed by atoms with van der Waals surface area (Å²) in [7, 11) is 0. The number of benzene rings is 1. The Balaban J connectivity index is 2.12. The molecule has 1 aromatic carbocycles. The minimum Gasteiger partial charge on any atom is -0.480 e. The second kappa shape index (κ2) is 4.63. The van der Waals surface area contributed by atoms with Crippen molar-refractivity contribution in [2.75, 3.05) is 6.61 Å². The molecule has 4 heteroatoms. The van der Waals surface area contributed by atoms with Gasteiger partial charge >= 0.3 is 5.97 Å². The maximum absolute atomic E-state index is 11.1. The van der Waals surface area contributed by atoms with Gasteiger partial charge in [-0.3, -0.25) is 9.69 Å². The van der Waals surface area contributed by atoms with E-state index in [4.69, 9.17) is 10.2 Å². The maximum atomic E-state index is 11.1. The van der Waals surface area contributed by atoms with Gasteiger partial charge in [0.05, 0.1) is 0 Å². The van der Waals surface area contributed by atoms with Crippen LogP contribution in [-0.2, 0) is 17.9 Å². The second-order valence-electron chi connectivity index (χ2n) is 4.04. The predicted molar refractivity (Wildman–Crippen MR) is 58.8 cm³/mol. The fraction of sp³-hybridized carbons (Fsp3) is 0.417. The van der Waals surface area contributed by atoms with Crippen LogP contribution in [0.3, 0.4) is 0 Å². The number of hydrogen-bond donors (Lipinski definition) is 2. The zero-order valence-corrected chi connectivity index (χ0v) is 8.97. The number of aliphatic carboxylic acids is 1. The van der Waals surface area contributed by atoms with Gasteiger partial charge in [-0.1, -0.05) is 24.3 Å². The first-order chi connectivity index (χ1) is 7.72. The van der Waals surface area contributed by atoms with E-state index in [0.717, 1.165) is 0 Å². The number of carboxylic acids is 1. The van der Waals surface area contributed by atoms with Crippen LogP contribution in [0.1, 0.15) is 17.5 Å². The van der Waals surface area contributed by atoms with Crippen molar-refractivity contribution in [3.8, 4) is 0 Å². The maximum Gasteiger partial charge on any atom is 0.321 e. The zero-order valence-electron chi connectivity index (χ0n) is 8.97. The van der Waals surface area contributed by atoms with Crippen molar-refractivity contribution >= 4 is 5.97 Å². The summed E-state index contributed by atoms with van der Waals surface area (Å²) in [4.78, 5) is 13.0. The van der Waals surface area contributed by atoms with Crippen molar-refractivity contribution in [1.29, 1.82) is 0 Å². The number of aliphatic hydroxyl groups excluding tert-OH is 1. The van der Waals surface area contributed by atoms with Crippen LogP contribution in [0.25, 0.3) is 0 Å². The van der Waals surface area contributed by atoms with Gasteiger partial charge in [-0.05, 0) is 17.5 Å². The average Bonchev–Trinajstić information content (AvgIpc) is 2.68. The molecule has 0 aromatic heterocycles. The van der Waals surface area contributed by atoms with Crippen LogP contribution >= 0.6 is 0 Å². The number of rotatable bonds is 4. The van der Waals surface area contributed by atoms with Gasteiger partial charge in [-0.2, -0.15) is 0 Å². The van der Waals surface area contributed by atoms with E-state index in [0.29, 0.717) is 13.1 Å². The summed E-state index contributed by atoms with van der Waals surface area (Å²) in [5, 5.41) is 18.0. The summed E-state index contributed by atoms with van der Waals surface area (Å²) < 4.78 is 0. The highest BCUT2D eigenvalue weighted by Crippen LogP contribution is 2.25. The summed E-state index contributed by atoms with van der Waals surface area (Å²) in [6.07, 6.45) is 0.281. The van der Waals surface area contributed by atoms with Crippen molar-refractivity contribution < 1.29 is 15.0 Å². The third-order valence-electron chi connectivity index (χ3n) is 2.99. The molecule has 0 aliphatic carbocycles. The van der Waals surface area contributed by atoms with Crippen LogP contribution in [0.15, 0.2) is 24.3 Å². The Morgan fingerprint density at radius 2 is 1.88 bits per heavy atom. The van der Waals surface area contributed by atoms with E-state index in [9.17, 15) is 4.79 Å². The molecule has 0 amide bonds. The van der Waals surface area contributed by atoms with Crippen molar-refractivity contribution in [2.45, 2.75) is 25.6 Å². The molecule has 0 fully saturated rings. The lowest BCUT2D eigenvalue weighted by Gasteiger charge is -2.22. The van der Waals surface area contributed by atoms with Crippen LogP contribution in [0.2, 0.25) is 0 Å². The predicted octanol–water partition coefficient (Wildman–Crippen LogP) is 0.838. The Morgan fingerprint density at radius 1 is 1.31 bits per heavy atom. The fourth-order valence-electron chi connectivity index (χ4n) is 2.16. The lowest BCUT2D eigenvalue weighted by Crippen LogP contribution is -2.38. The molecule has 0 spiro atoms. The smallest absolute Gasteiger partial charge is 0.321 e. The van der Waals surface area contributed by atoms with E-state index in [-0.39, 0.29) is 13.0 Å². The van der Waals surface area contributed by atoms with Gasteiger partial charge in [-0.25, -0.2) is 0 Å². The quantitative estimate of drug-likeness (QED) is 0.791. The Kier molecular flexibility index (Phi) is 3.22. The molecule has 0 bridgehead atoms.